The van der Waals surface area contributed by atoms with Gasteiger partial charge in [-0.1, -0.05) is 0 Å². The van der Waals surface area contributed by atoms with Gasteiger partial charge in [0.05, 0.1) is 0 Å². The summed E-state index contributed by atoms with van der Waals surface area (Å²) in [6.45, 7) is 2.58. The summed E-state index contributed by atoms with van der Waals surface area (Å²) in [5.74, 6) is 0.923. The molecule has 0 radical (unpaired) electrons. The van der Waals surface area contributed by atoms with Crippen molar-refractivity contribution < 1.29 is 17.6 Å². The molecule has 0 aliphatic carbocycles. The second-order valence-corrected chi connectivity index (χ2v) is 4.19. The van der Waals surface area contributed by atoms with Crippen LogP contribution >= 0.6 is 0 Å². The quantitative estimate of drug-likeness (QED) is 0.826. The van der Waals surface area contributed by atoms with Crippen molar-refractivity contribution in [2.24, 2.45) is 0 Å². The molecule has 0 amide bonds. The third-order valence-corrected chi connectivity index (χ3v) is 2.85. The number of halogens is 3. The normalized spacial score (nSPS) is 22.6. The summed E-state index contributed by atoms with van der Waals surface area (Å²) in [4.78, 5) is 1.30. The molecule has 0 bridgehead atoms. The first-order valence-electron chi connectivity index (χ1n) is 5.59. The van der Waals surface area contributed by atoms with Gasteiger partial charge >= 0.3 is 6.18 Å². The van der Waals surface area contributed by atoms with Crippen molar-refractivity contribution >= 4 is 5.88 Å². The predicted molar refractivity (Wildman–Crippen MR) is 58.1 cm³/mol. The minimum absolute atomic E-state index is 0.0940. The van der Waals surface area contributed by atoms with Crippen molar-refractivity contribution in [2.45, 2.75) is 25.6 Å². The zero-order chi connectivity index (χ0) is 12.5. The highest BCUT2D eigenvalue weighted by atomic mass is 19.4. The highest BCUT2D eigenvalue weighted by Gasteiger charge is 2.44. The Morgan fingerprint density at radius 1 is 1.41 bits per heavy atom. The van der Waals surface area contributed by atoms with Gasteiger partial charge in [-0.15, -0.1) is 0 Å². The molecule has 2 rings (SSSR count). The van der Waals surface area contributed by atoms with Gasteiger partial charge in [0.25, 0.3) is 0 Å². The van der Waals surface area contributed by atoms with Gasteiger partial charge in [-0.05, 0) is 26.0 Å². The van der Waals surface area contributed by atoms with Crippen LogP contribution in [0.25, 0.3) is 0 Å². The zero-order valence-corrected chi connectivity index (χ0v) is 9.55. The Morgan fingerprint density at radius 3 is 2.76 bits per heavy atom. The van der Waals surface area contributed by atoms with Crippen LogP contribution in [0.4, 0.5) is 19.1 Å². The number of hydrogen-bond acceptors (Lipinski definition) is 3. The highest BCUT2D eigenvalue weighted by Crippen LogP contribution is 2.30. The van der Waals surface area contributed by atoms with Gasteiger partial charge in [-0.2, -0.15) is 13.2 Å². The lowest BCUT2D eigenvalue weighted by atomic mass is 10.2. The fourth-order valence-electron chi connectivity index (χ4n) is 2.01. The van der Waals surface area contributed by atoms with Gasteiger partial charge in [-0.3, -0.25) is 0 Å². The lowest BCUT2D eigenvalue weighted by molar-refractivity contribution is -0.147. The molecule has 96 valence electrons. The number of nitrogens with zero attached hydrogens (tertiary/aromatic N) is 1. The Labute approximate surface area is 97.6 Å². The number of nitrogens with one attached hydrogen (secondary N) is 1. The van der Waals surface area contributed by atoms with E-state index in [1.807, 2.05) is 0 Å². The van der Waals surface area contributed by atoms with E-state index >= 15 is 0 Å². The van der Waals surface area contributed by atoms with Crippen molar-refractivity contribution in [3.63, 3.8) is 0 Å². The molecule has 1 saturated heterocycles. The molecule has 1 aliphatic heterocycles. The Hall–Kier alpha value is -1.17. The summed E-state index contributed by atoms with van der Waals surface area (Å²) in [6.07, 6.45) is -3.58. The van der Waals surface area contributed by atoms with E-state index in [0.717, 1.165) is 0 Å². The second kappa shape index (κ2) is 4.60. The Bertz CT molecular complexity index is 375. The molecule has 1 fully saturated rings. The van der Waals surface area contributed by atoms with Crippen LogP contribution in [0, 0.1) is 6.92 Å². The van der Waals surface area contributed by atoms with Crippen LogP contribution in [0.1, 0.15) is 12.2 Å². The molecule has 17 heavy (non-hydrogen) atoms. The van der Waals surface area contributed by atoms with Crippen LogP contribution in [-0.2, 0) is 0 Å². The predicted octanol–water partition coefficient (Wildman–Crippen LogP) is 2.32. The maximum atomic E-state index is 12.9. The van der Waals surface area contributed by atoms with E-state index in [-0.39, 0.29) is 6.54 Å². The average molecular weight is 248 g/mol. The topological polar surface area (TPSA) is 28.4 Å². The first-order valence-corrected chi connectivity index (χ1v) is 5.59. The van der Waals surface area contributed by atoms with Gasteiger partial charge < -0.3 is 14.6 Å². The summed E-state index contributed by atoms with van der Waals surface area (Å²) in [7, 11) is 0. The molecule has 1 atom stereocenters. The smallest absolute Gasteiger partial charge is 0.410 e. The fourth-order valence-corrected chi connectivity index (χ4v) is 2.01. The van der Waals surface area contributed by atoms with Crippen LogP contribution < -0.4 is 10.2 Å². The number of rotatable bonds is 1. The molecule has 1 unspecified atom stereocenters. The van der Waals surface area contributed by atoms with E-state index < -0.39 is 12.2 Å². The van der Waals surface area contributed by atoms with Gasteiger partial charge in [0.15, 0.2) is 5.88 Å². The molecule has 1 aromatic rings. The van der Waals surface area contributed by atoms with E-state index in [9.17, 15) is 13.2 Å². The molecule has 6 heteroatoms. The monoisotopic (exact) mass is 248 g/mol. The van der Waals surface area contributed by atoms with Crippen LogP contribution in [0.5, 0.6) is 0 Å². The molecule has 0 aromatic carbocycles. The fraction of sp³-hybridized carbons (Fsp3) is 0.636. The molecular weight excluding hydrogens is 233 g/mol. The third kappa shape index (κ3) is 2.74. The lowest BCUT2D eigenvalue weighted by Crippen LogP contribution is -2.49. The maximum Gasteiger partial charge on any atom is 0.410 e. The second-order valence-electron chi connectivity index (χ2n) is 4.19. The molecule has 3 nitrogen and oxygen atoms in total. The molecular formula is C11H15F3N2O. The lowest BCUT2D eigenvalue weighted by Gasteiger charge is -2.30. The van der Waals surface area contributed by atoms with E-state index in [1.165, 1.54) is 4.90 Å². The summed E-state index contributed by atoms with van der Waals surface area (Å²) in [5, 5.41) is 2.81. The van der Waals surface area contributed by atoms with E-state index in [1.54, 1.807) is 19.1 Å². The van der Waals surface area contributed by atoms with Crippen molar-refractivity contribution in [3.8, 4) is 0 Å². The van der Waals surface area contributed by atoms with Crippen LogP contribution in [0.2, 0.25) is 0 Å². The van der Waals surface area contributed by atoms with E-state index in [2.05, 4.69) is 5.32 Å². The van der Waals surface area contributed by atoms with Crippen molar-refractivity contribution in [1.29, 1.82) is 0 Å². The summed E-state index contributed by atoms with van der Waals surface area (Å²) in [6, 6.07) is 1.76. The molecule has 2 heterocycles. The van der Waals surface area contributed by atoms with Crippen molar-refractivity contribution in [2.75, 3.05) is 24.5 Å². The highest BCUT2D eigenvalue weighted by molar-refractivity contribution is 5.39. The van der Waals surface area contributed by atoms with Crippen LogP contribution in [0.15, 0.2) is 16.5 Å². The SMILES string of the molecule is Cc1ccc(N2CCCNCC2C(F)(F)F)o1. The summed E-state index contributed by atoms with van der Waals surface area (Å²) < 4.78 is 44.1. The van der Waals surface area contributed by atoms with Crippen molar-refractivity contribution in [1.82, 2.24) is 5.32 Å². The largest absolute Gasteiger partial charge is 0.446 e. The number of aryl methyl sites for hydroxylation is 1. The standard InChI is InChI=1S/C11H15F3N2O/c1-8-3-4-10(17-8)16-6-2-5-15-7-9(16)11(12,13)14/h3-4,9,15H,2,5-7H2,1H3. The Balaban J connectivity index is 2.26. The summed E-state index contributed by atoms with van der Waals surface area (Å²) in [5.41, 5.74) is 0. The molecule has 1 aromatic heterocycles. The minimum atomic E-state index is -4.25. The first kappa shape index (κ1) is 12.3. The van der Waals surface area contributed by atoms with Gasteiger partial charge in [-0.25, -0.2) is 0 Å². The molecule has 0 spiro atoms. The van der Waals surface area contributed by atoms with Gasteiger partial charge in [0.1, 0.15) is 11.8 Å². The number of hydrogen-bond donors (Lipinski definition) is 1. The Morgan fingerprint density at radius 2 is 2.18 bits per heavy atom. The minimum Gasteiger partial charge on any atom is -0.446 e. The zero-order valence-electron chi connectivity index (χ0n) is 9.55. The third-order valence-electron chi connectivity index (χ3n) is 2.85. The number of furan rings is 1. The number of alkyl halides is 3. The maximum absolute atomic E-state index is 12.9. The van der Waals surface area contributed by atoms with Gasteiger partial charge in [0.2, 0.25) is 0 Å². The molecule has 1 aliphatic rings. The molecule has 1 N–H and O–H groups in total. The molecule has 0 saturated carbocycles. The van der Waals surface area contributed by atoms with Crippen LogP contribution in [0.3, 0.4) is 0 Å². The average Bonchev–Trinajstić information content (AvgIpc) is 2.52. The Kier molecular flexibility index (Phi) is 3.33. The van der Waals surface area contributed by atoms with E-state index in [4.69, 9.17) is 4.42 Å². The van der Waals surface area contributed by atoms with Crippen LogP contribution in [-0.4, -0.2) is 31.9 Å². The number of anilines is 1. The van der Waals surface area contributed by atoms with E-state index in [0.29, 0.717) is 31.2 Å². The van der Waals surface area contributed by atoms with Crippen molar-refractivity contribution in [3.05, 3.63) is 17.9 Å². The van der Waals surface area contributed by atoms with Gasteiger partial charge in [0, 0.05) is 19.2 Å². The summed E-state index contributed by atoms with van der Waals surface area (Å²) >= 11 is 0. The first-order chi connectivity index (χ1) is 7.98.